The molecule has 0 aliphatic carbocycles. The van der Waals surface area contributed by atoms with Gasteiger partial charge >= 0.3 is 12.8 Å². The third-order valence-corrected chi connectivity index (χ3v) is 3.38. The molecule has 2 aromatic rings. The lowest BCUT2D eigenvalue weighted by Gasteiger charge is -2.16. The Morgan fingerprint density at radius 2 is 1.76 bits per heavy atom. The van der Waals surface area contributed by atoms with Crippen LogP contribution in [-0.4, -0.2) is 12.5 Å². The summed E-state index contributed by atoms with van der Waals surface area (Å²) >= 11 is 0. The molecular weight excluding hydrogens is 345 g/mol. The van der Waals surface area contributed by atoms with Crippen LogP contribution in [0.5, 0.6) is 5.75 Å². The summed E-state index contributed by atoms with van der Waals surface area (Å²) in [5, 5.41) is 2.52. The number of alkyl halides is 5. The monoisotopic (exact) mass is 359 g/mol. The minimum absolute atomic E-state index is 0.0528. The van der Waals surface area contributed by atoms with Crippen molar-refractivity contribution in [3.05, 3.63) is 65.2 Å². The van der Waals surface area contributed by atoms with Crippen molar-refractivity contribution < 1.29 is 31.5 Å². The second kappa shape index (κ2) is 7.50. The van der Waals surface area contributed by atoms with Crippen LogP contribution >= 0.6 is 0 Å². The quantitative estimate of drug-likeness (QED) is 0.779. The second-order valence-electron chi connectivity index (χ2n) is 5.22. The number of benzene rings is 2. The van der Waals surface area contributed by atoms with E-state index in [1.807, 2.05) is 0 Å². The predicted octanol–water partition coefficient (Wildman–Crippen LogP) is 4.80. The Balaban J connectivity index is 2.13. The van der Waals surface area contributed by atoms with Gasteiger partial charge in [-0.2, -0.15) is 22.0 Å². The van der Waals surface area contributed by atoms with Gasteiger partial charge in [-0.25, -0.2) is 0 Å². The Labute approximate surface area is 140 Å². The number of carbonyl (C=O) groups excluding carboxylic acids is 1. The van der Waals surface area contributed by atoms with Gasteiger partial charge < -0.3 is 10.1 Å². The molecule has 0 bridgehead atoms. The molecule has 1 amide bonds. The number of halogens is 5. The van der Waals surface area contributed by atoms with Crippen LogP contribution < -0.4 is 10.1 Å². The fourth-order valence-corrected chi connectivity index (χ4v) is 2.16. The largest absolute Gasteiger partial charge is 0.435 e. The molecule has 2 aromatic carbocycles. The van der Waals surface area contributed by atoms with Crippen molar-refractivity contribution in [2.24, 2.45) is 0 Å². The molecule has 25 heavy (non-hydrogen) atoms. The lowest BCUT2D eigenvalue weighted by molar-refractivity contribution is -0.137. The van der Waals surface area contributed by atoms with Crippen LogP contribution in [0.15, 0.2) is 48.5 Å². The fourth-order valence-electron chi connectivity index (χ4n) is 2.16. The lowest BCUT2D eigenvalue weighted by Crippen LogP contribution is -2.26. The average Bonchev–Trinajstić information content (AvgIpc) is 2.53. The number of nitrogens with one attached hydrogen (secondary N) is 1. The van der Waals surface area contributed by atoms with Gasteiger partial charge in [0.1, 0.15) is 5.75 Å². The topological polar surface area (TPSA) is 38.3 Å². The highest BCUT2D eigenvalue weighted by molar-refractivity contribution is 5.94. The van der Waals surface area contributed by atoms with E-state index in [-0.39, 0.29) is 16.9 Å². The third kappa shape index (κ3) is 5.17. The van der Waals surface area contributed by atoms with Crippen molar-refractivity contribution >= 4 is 5.91 Å². The van der Waals surface area contributed by atoms with Gasteiger partial charge in [0.15, 0.2) is 0 Å². The summed E-state index contributed by atoms with van der Waals surface area (Å²) in [6, 6.07) is 9.00. The number of ether oxygens (including phenoxy) is 1. The Bertz CT molecular complexity index is 746. The van der Waals surface area contributed by atoms with E-state index in [1.54, 1.807) is 0 Å². The van der Waals surface area contributed by atoms with Crippen molar-refractivity contribution in [3.63, 3.8) is 0 Å². The molecule has 8 heteroatoms. The molecule has 0 aliphatic heterocycles. The first kappa shape index (κ1) is 18.7. The molecule has 134 valence electrons. The highest BCUT2D eigenvalue weighted by Crippen LogP contribution is 2.30. The molecule has 0 saturated carbocycles. The van der Waals surface area contributed by atoms with Crippen LogP contribution in [0.25, 0.3) is 0 Å². The molecule has 1 N–H and O–H groups in total. The van der Waals surface area contributed by atoms with Gasteiger partial charge in [-0.15, -0.1) is 0 Å². The maximum absolute atomic E-state index is 12.7. The third-order valence-electron chi connectivity index (χ3n) is 3.38. The Morgan fingerprint density at radius 3 is 2.40 bits per heavy atom. The molecule has 0 spiro atoms. The van der Waals surface area contributed by atoms with Crippen molar-refractivity contribution in [1.29, 1.82) is 0 Å². The molecule has 0 aromatic heterocycles. The summed E-state index contributed by atoms with van der Waals surface area (Å²) in [4.78, 5) is 12.2. The van der Waals surface area contributed by atoms with Crippen LogP contribution in [0.2, 0.25) is 0 Å². The number of rotatable bonds is 5. The van der Waals surface area contributed by atoms with Crippen LogP contribution in [0.1, 0.15) is 34.5 Å². The molecule has 0 fully saturated rings. The summed E-state index contributed by atoms with van der Waals surface area (Å²) in [5.41, 5.74) is -0.501. The van der Waals surface area contributed by atoms with Crippen molar-refractivity contribution in [3.8, 4) is 5.75 Å². The molecule has 1 atom stereocenters. The van der Waals surface area contributed by atoms with E-state index in [2.05, 4.69) is 10.1 Å². The second-order valence-corrected chi connectivity index (χ2v) is 5.22. The number of hydrogen-bond donors (Lipinski definition) is 1. The number of hydrogen-bond acceptors (Lipinski definition) is 2. The zero-order valence-corrected chi connectivity index (χ0v) is 13.0. The van der Waals surface area contributed by atoms with E-state index in [4.69, 9.17) is 0 Å². The highest BCUT2D eigenvalue weighted by Gasteiger charge is 2.30. The van der Waals surface area contributed by atoms with Gasteiger partial charge in [0, 0.05) is 5.56 Å². The van der Waals surface area contributed by atoms with Gasteiger partial charge in [0.25, 0.3) is 5.91 Å². The summed E-state index contributed by atoms with van der Waals surface area (Å²) in [7, 11) is 0. The van der Waals surface area contributed by atoms with Crippen molar-refractivity contribution in [2.75, 3.05) is 0 Å². The maximum Gasteiger partial charge on any atom is 0.416 e. The zero-order valence-electron chi connectivity index (χ0n) is 13.0. The van der Waals surface area contributed by atoms with Crippen molar-refractivity contribution in [2.45, 2.75) is 25.8 Å². The summed E-state index contributed by atoms with van der Waals surface area (Å²) in [6.07, 6.45) is -4.49. The summed E-state index contributed by atoms with van der Waals surface area (Å²) in [5.74, 6) is -0.806. The molecule has 2 rings (SSSR count). The first-order valence-corrected chi connectivity index (χ1v) is 7.19. The minimum atomic E-state index is -4.49. The Morgan fingerprint density at radius 1 is 1.08 bits per heavy atom. The fraction of sp³-hybridized carbons (Fsp3) is 0.235. The van der Waals surface area contributed by atoms with E-state index in [0.717, 1.165) is 18.2 Å². The van der Waals surface area contributed by atoms with E-state index in [1.165, 1.54) is 37.3 Å². The van der Waals surface area contributed by atoms with Gasteiger partial charge in [0.05, 0.1) is 11.6 Å². The Kier molecular flexibility index (Phi) is 5.61. The highest BCUT2D eigenvalue weighted by atomic mass is 19.4. The van der Waals surface area contributed by atoms with Crippen molar-refractivity contribution in [1.82, 2.24) is 5.32 Å². The Hall–Kier alpha value is -2.64. The standard InChI is InChI=1S/C17H14F5NO2/c1-10(11-4-2-6-13(8-11)17(20,21)22)23-15(24)12-5-3-7-14(9-12)25-16(18)19/h2-10,16H,1H3,(H,23,24). The molecule has 0 saturated heterocycles. The summed E-state index contributed by atoms with van der Waals surface area (Å²) in [6.45, 7) is -1.50. The maximum atomic E-state index is 12.7. The zero-order chi connectivity index (χ0) is 18.6. The van der Waals surface area contributed by atoms with E-state index in [0.29, 0.717) is 0 Å². The van der Waals surface area contributed by atoms with Gasteiger partial charge in [-0.3, -0.25) is 4.79 Å². The molecular formula is C17H14F5NO2. The molecule has 0 radical (unpaired) electrons. The smallest absolute Gasteiger partial charge is 0.416 e. The molecule has 1 unspecified atom stereocenters. The number of carbonyl (C=O) groups is 1. The number of amides is 1. The first-order chi connectivity index (χ1) is 11.7. The average molecular weight is 359 g/mol. The molecule has 0 aliphatic rings. The predicted molar refractivity (Wildman–Crippen MR) is 80.4 cm³/mol. The van der Waals surface area contributed by atoms with E-state index < -0.39 is 30.3 Å². The minimum Gasteiger partial charge on any atom is -0.435 e. The van der Waals surface area contributed by atoms with Crippen LogP contribution in [-0.2, 0) is 6.18 Å². The van der Waals surface area contributed by atoms with Crippen LogP contribution in [0.4, 0.5) is 22.0 Å². The van der Waals surface area contributed by atoms with Gasteiger partial charge in [-0.05, 0) is 42.8 Å². The van der Waals surface area contributed by atoms with Crippen LogP contribution in [0.3, 0.4) is 0 Å². The SMILES string of the molecule is CC(NC(=O)c1cccc(OC(F)F)c1)c1cccc(C(F)(F)F)c1. The van der Waals surface area contributed by atoms with E-state index >= 15 is 0 Å². The van der Waals surface area contributed by atoms with Gasteiger partial charge in [0.2, 0.25) is 0 Å². The van der Waals surface area contributed by atoms with E-state index in [9.17, 15) is 26.7 Å². The first-order valence-electron chi connectivity index (χ1n) is 7.19. The van der Waals surface area contributed by atoms with Crippen LogP contribution in [0, 0.1) is 0 Å². The van der Waals surface area contributed by atoms with Gasteiger partial charge in [-0.1, -0.05) is 18.2 Å². The molecule has 3 nitrogen and oxygen atoms in total. The molecule has 0 heterocycles. The lowest BCUT2D eigenvalue weighted by atomic mass is 10.0. The summed E-state index contributed by atoms with van der Waals surface area (Å²) < 4.78 is 66.9. The normalized spacial score (nSPS) is 12.8.